The van der Waals surface area contributed by atoms with Crippen molar-refractivity contribution in [2.24, 2.45) is 5.89 Å². The largest absolute Gasteiger partial charge is 0.493 e. The summed E-state index contributed by atoms with van der Waals surface area (Å²) >= 11 is 0. The zero-order valence-electron chi connectivity index (χ0n) is 20.7. The predicted molar refractivity (Wildman–Crippen MR) is 82.5 cm³/mol. The predicted octanol–water partition coefficient (Wildman–Crippen LogP) is 1.50. The lowest BCUT2D eigenvalue weighted by Crippen LogP contribution is -2.64. The van der Waals surface area contributed by atoms with Gasteiger partial charge in [-0.3, -0.25) is 0 Å². The zero-order valence-corrected chi connectivity index (χ0v) is 11.7. The number of methoxy groups -OCH3 is 1. The van der Waals surface area contributed by atoms with Crippen LogP contribution in [-0.2, 0) is 11.8 Å². The van der Waals surface area contributed by atoms with Crippen LogP contribution in [0.3, 0.4) is 0 Å². The van der Waals surface area contributed by atoms with Gasteiger partial charge in [0.1, 0.15) is 12.2 Å². The van der Waals surface area contributed by atoms with Gasteiger partial charge in [0.05, 0.1) is 13.9 Å². The van der Waals surface area contributed by atoms with E-state index in [1.807, 2.05) is 0 Å². The highest BCUT2D eigenvalue weighted by Gasteiger charge is 2.64. The van der Waals surface area contributed by atoms with Crippen molar-refractivity contribution in [2.45, 2.75) is 36.5 Å². The van der Waals surface area contributed by atoms with E-state index in [4.69, 9.17) is 20.4 Å². The molecule has 1 saturated heterocycles. The van der Waals surface area contributed by atoms with Crippen molar-refractivity contribution in [3.63, 3.8) is 0 Å². The van der Waals surface area contributed by atoms with E-state index in [0.717, 1.165) is 6.08 Å². The molecule has 2 unspecified atom stereocenters. The van der Waals surface area contributed by atoms with Gasteiger partial charge < -0.3 is 19.5 Å². The van der Waals surface area contributed by atoms with E-state index < -0.39 is 43.5 Å². The van der Waals surface area contributed by atoms with E-state index >= 15 is 0 Å². The standard InChI is InChI=1S/C18H21NO3/c1-19-8-7-18-11-4-5-13(20)17(18)22-16-14(21-2)6-3-10(15(16)18)9-12(11)19/h3-6,11-13,17,20H,7-9H2,1-2H3/t11-,12+,13?,17?,18-/m0/s1/i1D3,2D3,11D,13D,17D. The molecule has 116 valence electrons. The second-order valence-electron chi connectivity index (χ2n) is 6.20. The topological polar surface area (TPSA) is 41.9 Å². The normalized spacial score (nSPS) is 58.2. The Hall–Kier alpha value is -1.52. The average molecular weight is 308 g/mol. The number of nitrogens with zero attached hydrogens (tertiary/aromatic N) is 1. The average Bonchev–Trinajstić information content (AvgIpc) is 2.88. The molecule has 1 aromatic rings. The second kappa shape index (κ2) is 4.06. The van der Waals surface area contributed by atoms with Crippen molar-refractivity contribution in [2.75, 3.05) is 20.6 Å². The lowest BCUT2D eigenvalue weighted by Gasteiger charge is -2.56. The summed E-state index contributed by atoms with van der Waals surface area (Å²) in [5.41, 5.74) is -0.639. The molecule has 2 aliphatic carbocycles. The van der Waals surface area contributed by atoms with E-state index in [1.54, 1.807) is 6.07 Å². The molecular weight excluding hydrogens is 278 g/mol. The van der Waals surface area contributed by atoms with Gasteiger partial charge >= 0.3 is 0 Å². The Morgan fingerprint density at radius 2 is 2.45 bits per heavy atom. The van der Waals surface area contributed by atoms with Gasteiger partial charge in [0.15, 0.2) is 11.5 Å². The molecule has 0 amide bonds. The number of piperidine rings is 1. The van der Waals surface area contributed by atoms with Gasteiger partial charge in [-0.1, -0.05) is 18.2 Å². The summed E-state index contributed by atoms with van der Waals surface area (Å²) < 4.78 is 84.1. The number of hydrogen-bond donors (Lipinski definition) is 1. The molecule has 22 heavy (non-hydrogen) atoms. The Morgan fingerprint density at radius 1 is 1.50 bits per heavy atom. The fourth-order valence-electron chi connectivity index (χ4n) is 4.48. The molecule has 2 bridgehead atoms. The van der Waals surface area contributed by atoms with Crippen molar-refractivity contribution in [3.05, 3.63) is 35.4 Å². The van der Waals surface area contributed by atoms with E-state index in [-0.39, 0.29) is 30.9 Å². The van der Waals surface area contributed by atoms with Crippen LogP contribution in [0.15, 0.2) is 24.3 Å². The number of benzene rings is 1. The number of ether oxygens (including phenoxy) is 2. The van der Waals surface area contributed by atoms with Gasteiger partial charge in [-0.2, -0.15) is 0 Å². The highest BCUT2D eigenvalue weighted by molar-refractivity contribution is 5.62. The van der Waals surface area contributed by atoms with E-state index in [1.165, 1.54) is 17.0 Å². The van der Waals surface area contributed by atoms with Crippen molar-refractivity contribution >= 4 is 0 Å². The van der Waals surface area contributed by atoms with Gasteiger partial charge in [-0.15, -0.1) is 0 Å². The third-order valence-electron chi connectivity index (χ3n) is 5.36. The number of rotatable bonds is 1. The van der Waals surface area contributed by atoms with Crippen LogP contribution in [0.1, 0.15) is 29.9 Å². The molecule has 0 saturated carbocycles. The minimum Gasteiger partial charge on any atom is -0.493 e. The first kappa shape index (κ1) is 6.93. The van der Waals surface area contributed by atoms with Gasteiger partial charge in [-0.25, -0.2) is 0 Å². The summed E-state index contributed by atoms with van der Waals surface area (Å²) in [5, 5.41) is 10.9. The first-order chi connectivity index (χ1) is 14.1. The van der Waals surface area contributed by atoms with Crippen molar-refractivity contribution in [1.29, 1.82) is 0 Å². The Balaban J connectivity index is 1.82. The lowest BCUT2D eigenvalue weighted by molar-refractivity contribution is -0.0453. The molecule has 1 fully saturated rings. The first-order valence-electron chi connectivity index (χ1n) is 11.8. The monoisotopic (exact) mass is 308 g/mol. The molecule has 4 nitrogen and oxygen atoms in total. The van der Waals surface area contributed by atoms with Crippen LogP contribution in [0.4, 0.5) is 0 Å². The van der Waals surface area contributed by atoms with Gasteiger partial charge in [0.2, 0.25) is 0 Å². The summed E-state index contributed by atoms with van der Waals surface area (Å²) in [6.45, 7) is -2.48. The number of hydrogen-bond acceptors (Lipinski definition) is 4. The van der Waals surface area contributed by atoms with Crippen LogP contribution in [0.2, 0.25) is 0 Å². The zero-order chi connectivity index (χ0) is 22.8. The van der Waals surface area contributed by atoms with Crippen molar-refractivity contribution in [3.8, 4) is 11.5 Å². The summed E-state index contributed by atoms with van der Waals surface area (Å²) in [5.74, 6) is -1.94. The molecule has 2 heterocycles. The Bertz CT molecular complexity index is 1010. The summed E-state index contributed by atoms with van der Waals surface area (Å²) in [4.78, 5) is 1.26. The van der Waals surface area contributed by atoms with Crippen LogP contribution in [0.5, 0.6) is 11.5 Å². The Morgan fingerprint density at radius 3 is 3.32 bits per heavy atom. The fourth-order valence-corrected chi connectivity index (χ4v) is 4.48. The maximum absolute atomic E-state index is 10.9. The number of likely N-dealkylation sites (N-methyl/N-ethyl adjacent to an activating group) is 1. The minimum atomic E-state index is -2.80. The van der Waals surface area contributed by atoms with Crippen LogP contribution >= 0.6 is 0 Å². The fraction of sp³-hybridized carbons (Fsp3) is 0.556. The third kappa shape index (κ3) is 1.28. The van der Waals surface area contributed by atoms with Gasteiger partial charge in [-0.05, 0) is 38.0 Å². The summed E-state index contributed by atoms with van der Waals surface area (Å²) in [6.07, 6.45) is -2.54. The molecule has 1 aromatic carbocycles. The maximum atomic E-state index is 10.9. The van der Waals surface area contributed by atoms with Crippen LogP contribution in [0, 0.1) is 5.89 Å². The quantitative estimate of drug-likeness (QED) is 0.799. The van der Waals surface area contributed by atoms with E-state index in [9.17, 15) is 6.48 Å². The van der Waals surface area contributed by atoms with Gasteiger partial charge in [0, 0.05) is 28.4 Å². The molecule has 1 spiro atoms. The summed E-state index contributed by atoms with van der Waals surface area (Å²) in [6, 6.07) is 2.11. The van der Waals surface area contributed by atoms with Crippen molar-refractivity contribution in [1.82, 2.24) is 4.90 Å². The van der Waals surface area contributed by atoms with Gasteiger partial charge in [0.25, 0.3) is 0 Å². The van der Waals surface area contributed by atoms with Crippen LogP contribution in [0.25, 0.3) is 0 Å². The lowest BCUT2D eigenvalue weighted by atomic mass is 9.53. The first-order valence-corrected chi connectivity index (χ1v) is 7.31. The second-order valence-corrected chi connectivity index (χ2v) is 6.20. The molecule has 4 heteroatoms. The molecular formula is C18H21NO3. The Labute approximate surface area is 143 Å². The number of aliphatic hydroxyl groups is 1. The molecule has 5 atom stereocenters. The van der Waals surface area contributed by atoms with Crippen LogP contribution in [-0.4, -0.2) is 48.8 Å². The number of likely N-dealkylation sites (tertiary alicyclic amines) is 1. The molecule has 0 aromatic heterocycles. The molecule has 2 aliphatic heterocycles. The molecule has 4 aliphatic rings. The molecule has 1 N–H and O–H groups in total. The highest BCUT2D eigenvalue weighted by Crippen LogP contribution is 2.62. The highest BCUT2D eigenvalue weighted by atomic mass is 16.5. The Kier molecular flexibility index (Phi) is 1.28. The molecule has 0 radical (unpaired) electrons. The maximum Gasteiger partial charge on any atom is 0.165 e. The summed E-state index contributed by atoms with van der Waals surface area (Å²) in [7, 11) is -2.80. The third-order valence-corrected chi connectivity index (χ3v) is 5.36. The van der Waals surface area contributed by atoms with E-state index in [0.29, 0.717) is 11.1 Å². The van der Waals surface area contributed by atoms with Crippen LogP contribution < -0.4 is 9.47 Å². The molecule has 5 rings (SSSR count). The smallest absolute Gasteiger partial charge is 0.165 e. The van der Waals surface area contributed by atoms with Crippen molar-refractivity contribution < 1.29 is 26.9 Å². The van der Waals surface area contributed by atoms with E-state index in [2.05, 4.69) is 0 Å². The minimum absolute atomic E-state index is 0.00105. The SMILES string of the molecule is [2H]C([2H])([2H])Oc1ccc2c3c1OC1([2H])C([2H])(O)C=C[C@@]4([2H])[C@@H](C2)N(C([2H])([2H])[2H])CC[C@]314.